The lowest BCUT2D eigenvalue weighted by Crippen LogP contribution is -2.10. The molecule has 3 rings (SSSR count). The van der Waals surface area contributed by atoms with Crippen molar-refractivity contribution < 1.29 is 4.79 Å². The summed E-state index contributed by atoms with van der Waals surface area (Å²) >= 11 is 12.1. The Labute approximate surface area is 148 Å². The van der Waals surface area contributed by atoms with Crippen LogP contribution in [0.2, 0.25) is 10.0 Å². The number of carbonyl (C=O) groups is 1. The van der Waals surface area contributed by atoms with Gasteiger partial charge in [0.2, 0.25) is 0 Å². The number of halogens is 2. The summed E-state index contributed by atoms with van der Waals surface area (Å²) in [6, 6.07) is 10.4. The molecule has 7 heteroatoms. The monoisotopic (exact) mass is 360 g/mol. The second-order valence-electron chi connectivity index (χ2n) is 5.47. The van der Waals surface area contributed by atoms with E-state index < -0.39 is 0 Å². The third-order valence-electron chi connectivity index (χ3n) is 3.45. The molecule has 1 N–H and O–H groups in total. The van der Waals surface area contributed by atoms with Crippen LogP contribution in [0.1, 0.15) is 15.9 Å². The van der Waals surface area contributed by atoms with Crippen LogP contribution in [0, 0.1) is 0 Å². The van der Waals surface area contributed by atoms with E-state index in [1.165, 1.54) is 0 Å². The molecule has 0 aliphatic rings. The van der Waals surface area contributed by atoms with Gasteiger partial charge in [0.05, 0.1) is 10.5 Å². The number of nitrogens with zero attached hydrogens (tertiary/aromatic N) is 3. The molecule has 0 atom stereocenters. The van der Waals surface area contributed by atoms with Gasteiger partial charge in [-0.05, 0) is 24.3 Å². The summed E-state index contributed by atoms with van der Waals surface area (Å²) in [5.74, 6) is -0.208. The van der Waals surface area contributed by atoms with Gasteiger partial charge in [0.25, 0.3) is 0 Å². The standard InChI is InChI=1S/C17H14Cl2N4O/c1-23(2)9-13(11-4-3-5-15-16(11)21-22-20-15)17(24)12-7-6-10(18)8-14(12)19/h3-9H,1-2H3,(H,20,21,22)/b13-9+. The van der Waals surface area contributed by atoms with E-state index in [4.69, 9.17) is 23.2 Å². The van der Waals surface area contributed by atoms with Gasteiger partial charge in [0, 0.05) is 42.0 Å². The van der Waals surface area contributed by atoms with Gasteiger partial charge in [-0.1, -0.05) is 40.5 Å². The predicted octanol–water partition coefficient (Wildman–Crippen LogP) is 4.05. The predicted molar refractivity (Wildman–Crippen MR) is 96.3 cm³/mol. The fourth-order valence-corrected chi connectivity index (χ4v) is 2.91. The van der Waals surface area contributed by atoms with Gasteiger partial charge < -0.3 is 4.90 Å². The highest BCUT2D eigenvalue weighted by atomic mass is 35.5. The number of H-pyrrole nitrogens is 1. The minimum absolute atomic E-state index is 0.208. The first-order chi connectivity index (χ1) is 11.5. The van der Waals surface area contributed by atoms with Crippen molar-refractivity contribution in [2.45, 2.75) is 0 Å². The van der Waals surface area contributed by atoms with E-state index >= 15 is 0 Å². The van der Waals surface area contributed by atoms with E-state index in [0.29, 0.717) is 32.3 Å². The van der Waals surface area contributed by atoms with Gasteiger partial charge >= 0.3 is 0 Å². The number of allylic oxidation sites excluding steroid dienone is 1. The lowest BCUT2D eigenvalue weighted by Gasteiger charge is -2.13. The van der Waals surface area contributed by atoms with E-state index in [9.17, 15) is 4.79 Å². The number of carbonyl (C=O) groups excluding carboxylic acids is 1. The average molecular weight is 361 g/mol. The van der Waals surface area contributed by atoms with Gasteiger partial charge in [-0.2, -0.15) is 0 Å². The topological polar surface area (TPSA) is 61.9 Å². The van der Waals surface area contributed by atoms with E-state index in [-0.39, 0.29) is 5.78 Å². The van der Waals surface area contributed by atoms with Gasteiger partial charge in [0.1, 0.15) is 5.52 Å². The van der Waals surface area contributed by atoms with Crippen LogP contribution in [0.4, 0.5) is 0 Å². The molecule has 122 valence electrons. The number of hydrogen-bond donors (Lipinski definition) is 1. The summed E-state index contributed by atoms with van der Waals surface area (Å²) in [6.45, 7) is 0. The Morgan fingerprint density at radius 2 is 1.96 bits per heavy atom. The Morgan fingerprint density at radius 1 is 1.17 bits per heavy atom. The molecule has 1 heterocycles. The van der Waals surface area contributed by atoms with Crippen LogP contribution in [0.3, 0.4) is 0 Å². The summed E-state index contributed by atoms with van der Waals surface area (Å²) in [5.41, 5.74) is 2.93. The molecule has 0 saturated heterocycles. The fourth-order valence-electron chi connectivity index (χ4n) is 2.42. The highest BCUT2D eigenvalue weighted by molar-refractivity contribution is 6.41. The molecule has 2 aromatic carbocycles. The van der Waals surface area contributed by atoms with Crippen molar-refractivity contribution in [3.63, 3.8) is 0 Å². The van der Waals surface area contributed by atoms with Crippen molar-refractivity contribution in [3.05, 3.63) is 63.8 Å². The first-order valence-corrected chi connectivity index (χ1v) is 7.91. The number of Topliss-reactive ketones (excluding diaryl/α,β-unsaturated/α-hetero) is 1. The maximum Gasteiger partial charge on any atom is 0.196 e. The molecule has 0 amide bonds. The number of fused-ring (bicyclic) bond motifs is 1. The molecule has 3 aromatic rings. The van der Waals surface area contributed by atoms with Crippen LogP contribution in [-0.4, -0.2) is 40.2 Å². The Kier molecular flexibility index (Phi) is 4.55. The minimum Gasteiger partial charge on any atom is -0.383 e. The third-order valence-corrected chi connectivity index (χ3v) is 4.00. The molecule has 0 aliphatic carbocycles. The van der Waals surface area contributed by atoms with Crippen LogP contribution in [0.15, 0.2) is 42.6 Å². The molecule has 1 aromatic heterocycles. The summed E-state index contributed by atoms with van der Waals surface area (Å²) in [4.78, 5) is 14.9. The lowest BCUT2D eigenvalue weighted by molar-refractivity contribution is 0.105. The quantitative estimate of drug-likeness (QED) is 0.563. The molecular formula is C17H14Cl2N4O. The number of nitrogens with one attached hydrogen (secondary N) is 1. The highest BCUT2D eigenvalue weighted by Gasteiger charge is 2.20. The molecule has 0 saturated carbocycles. The van der Waals surface area contributed by atoms with Gasteiger partial charge in [-0.15, -0.1) is 5.10 Å². The number of rotatable bonds is 4. The van der Waals surface area contributed by atoms with E-state index in [0.717, 1.165) is 5.52 Å². The molecule has 5 nitrogen and oxygen atoms in total. The second-order valence-corrected chi connectivity index (χ2v) is 6.32. The smallest absolute Gasteiger partial charge is 0.196 e. The molecule has 0 spiro atoms. The summed E-state index contributed by atoms with van der Waals surface area (Å²) in [6.07, 6.45) is 1.75. The molecule has 24 heavy (non-hydrogen) atoms. The zero-order chi connectivity index (χ0) is 17.3. The SMILES string of the molecule is CN(C)/C=C(/C(=O)c1ccc(Cl)cc1Cl)c1cccc2[nH]nnc12. The number of aromatic nitrogens is 3. The van der Waals surface area contributed by atoms with Crippen molar-refractivity contribution in [1.29, 1.82) is 0 Å². The van der Waals surface area contributed by atoms with Crippen molar-refractivity contribution in [1.82, 2.24) is 20.3 Å². The molecular weight excluding hydrogens is 347 g/mol. The third kappa shape index (κ3) is 3.13. The number of benzene rings is 2. The first-order valence-electron chi connectivity index (χ1n) is 7.15. The van der Waals surface area contributed by atoms with E-state index in [1.54, 1.807) is 29.3 Å². The van der Waals surface area contributed by atoms with Gasteiger partial charge in [-0.25, -0.2) is 0 Å². The molecule has 0 unspecified atom stereocenters. The Hall–Kier alpha value is -2.37. The van der Waals surface area contributed by atoms with Crippen molar-refractivity contribution >= 4 is 45.6 Å². The van der Waals surface area contributed by atoms with Gasteiger partial charge in [0.15, 0.2) is 5.78 Å². The summed E-state index contributed by atoms with van der Waals surface area (Å²) in [5, 5.41) is 11.5. The van der Waals surface area contributed by atoms with Crippen molar-refractivity contribution in [3.8, 4) is 0 Å². The fraction of sp³-hybridized carbons (Fsp3) is 0.118. The van der Waals surface area contributed by atoms with E-state index in [1.807, 2.05) is 32.3 Å². The lowest BCUT2D eigenvalue weighted by atomic mass is 9.96. The Bertz CT molecular complexity index is 947. The number of hydrogen-bond acceptors (Lipinski definition) is 4. The minimum atomic E-state index is -0.208. The average Bonchev–Trinajstić information content (AvgIpc) is 3.00. The first kappa shape index (κ1) is 16.5. The molecule has 0 radical (unpaired) electrons. The Morgan fingerprint density at radius 3 is 2.67 bits per heavy atom. The molecule has 0 fully saturated rings. The van der Waals surface area contributed by atoms with E-state index in [2.05, 4.69) is 15.4 Å². The number of ketones is 1. The van der Waals surface area contributed by atoms with Crippen LogP contribution >= 0.6 is 23.2 Å². The maximum atomic E-state index is 13.1. The second kappa shape index (κ2) is 6.63. The highest BCUT2D eigenvalue weighted by Crippen LogP contribution is 2.29. The zero-order valence-corrected chi connectivity index (χ0v) is 14.6. The largest absolute Gasteiger partial charge is 0.383 e. The van der Waals surface area contributed by atoms with Crippen LogP contribution < -0.4 is 0 Å². The van der Waals surface area contributed by atoms with Gasteiger partial charge in [-0.3, -0.25) is 9.89 Å². The maximum absolute atomic E-state index is 13.1. The van der Waals surface area contributed by atoms with Crippen LogP contribution in [-0.2, 0) is 0 Å². The van der Waals surface area contributed by atoms with Crippen molar-refractivity contribution in [2.24, 2.45) is 0 Å². The van der Waals surface area contributed by atoms with Crippen LogP contribution in [0.5, 0.6) is 0 Å². The van der Waals surface area contributed by atoms with Crippen molar-refractivity contribution in [2.75, 3.05) is 14.1 Å². The molecule has 0 bridgehead atoms. The normalized spacial score (nSPS) is 11.8. The Balaban J connectivity index is 2.17. The summed E-state index contributed by atoms with van der Waals surface area (Å²) in [7, 11) is 3.69. The number of aromatic amines is 1. The summed E-state index contributed by atoms with van der Waals surface area (Å²) < 4.78 is 0. The molecule has 0 aliphatic heterocycles. The zero-order valence-electron chi connectivity index (χ0n) is 13.0. The van der Waals surface area contributed by atoms with Crippen LogP contribution in [0.25, 0.3) is 16.6 Å².